The number of carbonyl (C=O) groups excluding carboxylic acids is 1. The SMILES string of the molecule is Cc1cc(C)c(NC(=O)CN(C2CCCCC2)S(C)(=O)=O)c(C)c1. The van der Waals surface area contributed by atoms with Crippen molar-refractivity contribution in [3.05, 3.63) is 28.8 Å². The van der Waals surface area contributed by atoms with Crippen LogP contribution in [-0.4, -0.2) is 37.5 Å². The fourth-order valence-corrected chi connectivity index (χ4v) is 4.69. The summed E-state index contributed by atoms with van der Waals surface area (Å²) >= 11 is 0. The zero-order valence-corrected chi connectivity index (χ0v) is 15.9. The number of hydrogen-bond donors (Lipinski definition) is 1. The average Bonchev–Trinajstić information content (AvgIpc) is 2.48. The lowest BCUT2D eigenvalue weighted by molar-refractivity contribution is -0.116. The third kappa shape index (κ3) is 4.80. The number of aryl methyl sites for hydroxylation is 3. The standard InChI is InChI=1S/C18H28N2O3S/c1-13-10-14(2)18(15(3)11-13)19-17(21)12-20(24(4,22)23)16-8-6-5-7-9-16/h10-11,16H,5-9,12H2,1-4H3,(H,19,21). The summed E-state index contributed by atoms with van der Waals surface area (Å²) in [4.78, 5) is 12.5. The summed E-state index contributed by atoms with van der Waals surface area (Å²) < 4.78 is 25.7. The highest BCUT2D eigenvalue weighted by Crippen LogP contribution is 2.25. The quantitative estimate of drug-likeness (QED) is 0.885. The van der Waals surface area contributed by atoms with Crippen molar-refractivity contribution in [3.8, 4) is 0 Å². The van der Waals surface area contributed by atoms with Crippen LogP contribution in [0.1, 0.15) is 48.8 Å². The molecule has 1 amide bonds. The molecule has 0 atom stereocenters. The van der Waals surface area contributed by atoms with E-state index >= 15 is 0 Å². The molecule has 24 heavy (non-hydrogen) atoms. The van der Waals surface area contributed by atoms with Crippen LogP contribution >= 0.6 is 0 Å². The van der Waals surface area contributed by atoms with Crippen LogP contribution in [-0.2, 0) is 14.8 Å². The number of nitrogens with one attached hydrogen (secondary N) is 1. The molecule has 1 aromatic carbocycles. The minimum Gasteiger partial charge on any atom is -0.324 e. The largest absolute Gasteiger partial charge is 0.324 e. The monoisotopic (exact) mass is 352 g/mol. The van der Waals surface area contributed by atoms with Crippen LogP contribution in [0.3, 0.4) is 0 Å². The number of sulfonamides is 1. The molecule has 1 aliphatic carbocycles. The highest BCUT2D eigenvalue weighted by Gasteiger charge is 2.30. The Morgan fingerprint density at radius 1 is 1.12 bits per heavy atom. The Labute approximate surface area is 145 Å². The molecular weight excluding hydrogens is 324 g/mol. The molecule has 1 N–H and O–H groups in total. The van der Waals surface area contributed by atoms with E-state index in [1.807, 2.05) is 32.9 Å². The van der Waals surface area contributed by atoms with Crippen LogP contribution < -0.4 is 5.32 Å². The van der Waals surface area contributed by atoms with Gasteiger partial charge in [0.1, 0.15) is 0 Å². The summed E-state index contributed by atoms with van der Waals surface area (Å²) in [6, 6.07) is 3.97. The summed E-state index contributed by atoms with van der Waals surface area (Å²) in [5, 5.41) is 2.90. The van der Waals surface area contributed by atoms with Gasteiger partial charge in [-0.3, -0.25) is 4.79 Å². The van der Waals surface area contributed by atoms with Gasteiger partial charge >= 0.3 is 0 Å². The molecule has 0 spiro atoms. The molecule has 0 heterocycles. The second kappa shape index (κ2) is 7.66. The van der Waals surface area contributed by atoms with E-state index < -0.39 is 10.0 Å². The third-order valence-corrected chi connectivity index (χ3v) is 5.93. The lowest BCUT2D eigenvalue weighted by atomic mass is 9.95. The molecule has 0 aliphatic heterocycles. The van der Waals surface area contributed by atoms with E-state index in [0.29, 0.717) is 0 Å². The lowest BCUT2D eigenvalue weighted by Gasteiger charge is -2.32. The number of amides is 1. The Hall–Kier alpha value is -1.40. The van der Waals surface area contributed by atoms with Gasteiger partial charge in [-0.1, -0.05) is 37.0 Å². The molecule has 0 bridgehead atoms. The number of carbonyl (C=O) groups is 1. The first kappa shape index (κ1) is 18.9. The van der Waals surface area contributed by atoms with Crippen molar-refractivity contribution in [2.75, 3.05) is 18.1 Å². The fraction of sp³-hybridized carbons (Fsp3) is 0.611. The Morgan fingerprint density at radius 3 is 2.17 bits per heavy atom. The number of benzene rings is 1. The molecular formula is C18H28N2O3S. The normalized spacial score (nSPS) is 16.4. The van der Waals surface area contributed by atoms with Gasteiger partial charge in [-0.05, 0) is 44.7 Å². The topological polar surface area (TPSA) is 66.5 Å². The first-order valence-electron chi connectivity index (χ1n) is 8.53. The van der Waals surface area contributed by atoms with Crippen molar-refractivity contribution < 1.29 is 13.2 Å². The van der Waals surface area contributed by atoms with Crippen molar-refractivity contribution >= 4 is 21.6 Å². The second-order valence-corrected chi connectivity index (χ2v) is 8.86. The van der Waals surface area contributed by atoms with E-state index in [1.165, 1.54) is 10.6 Å². The molecule has 2 rings (SSSR count). The first-order chi connectivity index (χ1) is 11.2. The van der Waals surface area contributed by atoms with Gasteiger partial charge in [-0.15, -0.1) is 0 Å². The third-order valence-electron chi connectivity index (χ3n) is 4.65. The molecule has 134 valence electrons. The minimum absolute atomic E-state index is 0.0558. The van der Waals surface area contributed by atoms with Crippen molar-refractivity contribution in [1.82, 2.24) is 4.31 Å². The number of nitrogens with zero attached hydrogens (tertiary/aromatic N) is 1. The van der Waals surface area contributed by atoms with Gasteiger partial charge in [-0.25, -0.2) is 8.42 Å². The Balaban J connectivity index is 2.14. The maximum absolute atomic E-state index is 12.5. The zero-order chi connectivity index (χ0) is 17.9. The van der Waals surface area contributed by atoms with Crippen LogP contribution in [0.2, 0.25) is 0 Å². The maximum atomic E-state index is 12.5. The minimum atomic E-state index is -3.41. The molecule has 1 fully saturated rings. The summed E-state index contributed by atoms with van der Waals surface area (Å²) in [5.41, 5.74) is 3.90. The van der Waals surface area contributed by atoms with Crippen molar-refractivity contribution in [2.24, 2.45) is 0 Å². The molecule has 1 saturated carbocycles. The van der Waals surface area contributed by atoms with E-state index in [0.717, 1.165) is 54.5 Å². The van der Waals surface area contributed by atoms with Gasteiger partial charge < -0.3 is 5.32 Å². The van der Waals surface area contributed by atoms with Gasteiger partial charge in [0.2, 0.25) is 15.9 Å². The van der Waals surface area contributed by atoms with Crippen LogP contribution in [0.15, 0.2) is 12.1 Å². The predicted octanol–water partition coefficient (Wildman–Crippen LogP) is 3.14. The molecule has 5 nitrogen and oxygen atoms in total. The highest BCUT2D eigenvalue weighted by molar-refractivity contribution is 7.88. The maximum Gasteiger partial charge on any atom is 0.239 e. The molecule has 0 saturated heterocycles. The Morgan fingerprint density at radius 2 is 1.67 bits per heavy atom. The van der Waals surface area contributed by atoms with Gasteiger partial charge in [0, 0.05) is 11.7 Å². The molecule has 0 radical (unpaired) electrons. The van der Waals surface area contributed by atoms with Crippen LogP contribution in [0, 0.1) is 20.8 Å². The lowest BCUT2D eigenvalue weighted by Crippen LogP contribution is -2.45. The van der Waals surface area contributed by atoms with Crippen LogP contribution in [0.5, 0.6) is 0 Å². The smallest absolute Gasteiger partial charge is 0.239 e. The summed E-state index contributed by atoms with van der Waals surface area (Å²) in [5.74, 6) is -0.277. The van der Waals surface area contributed by atoms with E-state index in [2.05, 4.69) is 5.32 Å². The number of hydrogen-bond acceptors (Lipinski definition) is 3. The van der Waals surface area contributed by atoms with Crippen molar-refractivity contribution in [2.45, 2.75) is 58.9 Å². The molecule has 0 aromatic heterocycles. The van der Waals surface area contributed by atoms with E-state index in [1.54, 1.807) is 0 Å². The molecule has 6 heteroatoms. The molecule has 0 unspecified atom stereocenters. The van der Waals surface area contributed by atoms with Gasteiger partial charge in [0.15, 0.2) is 0 Å². The highest BCUT2D eigenvalue weighted by atomic mass is 32.2. The Kier molecular flexibility index (Phi) is 6.04. The van der Waals surface area contributed by atoms with Crippen molar-refractivity contribution in [1.29, 1.82) is 0 Å². The number of rotatable bonds is 5. The first-order valence-corrected chi connectivity index (χ1v) is 10.4. The number of anilines is 1. The summed E-state index contributed by atoms with van der Waals surface area (Å²) in [7, 11) is -3.41. The second-order valence-electron chi connectivity index (χ2n) is 6.92. The average molecular weight is 353 g/mol. The summed E-state index contributed by atoms with van der Waals surface area (Å²) in [6.45, 7) is 5.80. The van der Waals surface area contributed by atoms with Gasteiger partial charge in [0.05, 0.1) is 12.8 Å². The van der Waals surface area contributed by atoms with Gasteiger partial charge in [0.25, 0.3) is 0 Å². The van der Waals surface area contributed by atoms with E-state index in [-0.39, 0.29) is 18.5 Å². The van der Waals surface area contributed by atoms with Crippen LogP contribution in [0.25, 0.3) is 0 Å². The van der Waals surface area contributed by atoms with Crippen LogP contribution in [0.4, 0.5) is 5.69 Å². The predicted molar refractivity (Wildman–Crippen MR) is 97.7 cm³/mol. The van der Waals surface area contributed by atoms with Crippen molar-refractivity contribution in [3.63, 3.8) is 0 Å². The Bertz CT molecular complexity index is 684. The summed E-state index contributed by atoms with van der Waals surface area (Å²) in [6.07, 6.45) is 6.05. The van der Waals surface area contributed by atoms with E-state index in [9.17, 15) is 13.2 Å². The van der Waals surface area contributed by atoms with E-state index in [4.69, 9.17) is 0 Å². The molecule has 1 aromatic rings. The zero-order valence-electron chi connectivity index (χ0n) is 15.1. The molecule has 1 aliphatic rings. The fourth-order valence-electron chi connectivity index (χ4n) is 3.58. The van der Waals surface area contributed by atoms with Gasteiger partial charge in [-0.2, -0.15) is 4.31 Å².